The second-order valence-electron chi connectivity index (χ2n) is 3.83. The predicted octanol–water partition coefficient (Wildman–Crippen LogP) is 2.68. The quantitative estimate of drug-likeness (QED) is 0.873. The van der Waals surface area contributed by atoms with Crippen LogP contribution in [0.25, 0.3) is 0 Å². The molecule has 2 heterocycles. The van der Waals surface area contributed by atoms with Gasteiger partial charge in [0.1, 0.15) is 5.75 Å². The van der Waals surface area contributed by atoms with Crippen molar-refractivity contribution >= 4 is 23.1 Å². The van der Waals surface area contributed by atoms with E-state index in [1.165, 1.54) is 11.3 Å². The molecule has 18 heavy (non-hydrogen) atoms. The topological polar surface area (TPSA) is 67.0 Å². The Bertz CT molecular complexity index is 533. The Kier molecular flexibility index (Phi) is 3.99. The van der Waals surface area contributed by atoms with E-state index >= 15 is 0 Å². The zero-order chi connectivity index (χ0) is 13.0. The zero-order valence-electron chi connectivity index (χ0n) is 10.3. The number of carbonyl (C=O) groups excluding carboxylic acids is 1. The van der Waals surface area contributed by atoms with Gasteiger partial charge in [0.2, 0.25) is 0 Å². The molecule has 0 aliphatic carbocycles. The molecule has 0 aromatic carbocycles. The number of rotatable bonds is 5. The standard InChI is InChI=1S/C12H15N3O2S/c1-3-4-8-5-11(15-14-8)13-12(16)10-6-9(17-2)7-18-10/h5-7H,3-4H2,1-2H3,(H2,13,14,15,16). The Morgan fingerprint density at radius 2 is 2.39 bits per heavy atom. The summed E-state index contributed by atoms with van der Waals surface area (Å²) in [6, 6.07) is 3.56. The Balaban J connectivity index is 2.01. The number of hydrogen-bond acceptors (Lipinski definition) is 4. The van der Waals surface area contributed by atoms with Crippen molar-refractivity contribution in [1.29, 1.82) is 0 Å². The van der Waals surface area contributed by atoms with E-state index in [0.717, 1.165) is 18.5 Å². The van der Waals surface area contributed by atoms with Crippen LogP contribution in [0.15, 0.2) is 17.5 Å². The van der Waals surface area contributed by atoms with E-state index in [9.17, 15) is 4.79 Å². The van der Waals surface area contributed by atoms with E-state index < -0.39 is 0 Å². The summed E-state index contributed by atoms with van der Waals surface area (Å²) in [6.07, 6.45) is 1.97. The lowest BCUT2D eigenvalue weighted by Gasteiger charge is -1.97. The molecular weight excluding hydrogens is 250 g/mol. The predicted molar refractivity (Wildman–Crippen MR) is 71.4 cm³/mol. The van der Waals surface area contributed by atoms with Crippen molar-refractivity contribution in [2.45, 2.75) is 19.8 Å². The van der Waals surface area contributed by atoms with Gasteiger partial charge in [-0.15, -0.1) is 11.3 Å². The maximum atomic E-state index is 11.9. The largest absolute Gasteiger partial charge is 0.496 e. The Morgan fingerprint density at radius 3 is 3.06 bits per heavy atom. The zero-order valence-corrected chi connectivity index (χ0v) is 11.1. The minimum Gasteiger partial charge on any atom is -0.496 e. The smallest absolute Gasteiger partial charge is 0.267 e. The van der Waals surface area contributed by atoms with Crippen molar-refractivity contribution in [3.8, 4) is 5.75 Å². The van der Waals surface area contributed by atoms with Crippen LogP contribution in [0.2, 0.25) is 0 Å². The van der Waals surface area contributed by atoms with E-state index in [1.807, 2.05) is 6.07 Å². The molecule has 2 N–H and O–H groups in total. The van der Waals surface area contributed by atoms with Gasteiger partial charge in [-0.05, 0) is 6.42 Å². The molecule has 0 atom stereocenters. The number of hydrogen-bond donors (Lipinski definition) is 2. The lowest BCUT2D eigenvalue weighted by Crippen LogP contribution is -2.10. The van der Waals surface area contributed by atoms with Crippen molar-refractivity contribution in [3.63, 3.8) is 0 Å². The molecule has 0 spiro atoms. The van der Waals surface area contributed by atoms with E-state index in [2.05, 4.69) is 22.4 Å². The Labute approximate surface area is 109 Å². The van der Waals surface area contributed by atoms with Gasteiger partial charge in [-0.25, -0.2) is 0 Å². The minimum atomic E-state index is -0.169. The van der Waals surface area contributed by atoms with Crippen LogP contribution < -0.4 is 10.1 Å². The second kappa shape index (κ2) is 5.68. The summed E-state index contributed by atoms with van der Waals surface area (Å²) >= 11 is 1.34. The first-order valence-electron chi connectivity index (χ1n) is 5.71. The highest BCUT2D eigenvalue weighted by Crippen LogP contribution is 2.22. The number of aromatic nitrogens is 2. The molecule has 5 nitrogen and oxygen atoms in total. The minimum absolute atomic E-state index is 0.169. The average molecular weight is 265 g/mol. The van der Waals surface area contributed by atoms with E-state index in [-0.39, 0.29) is 5.91 Å². The molecule has 0 aliphatic heterocycles. The van der Waals surface area contributed by atoms with Crippen LogP contribution in [-0.2, 0) is 6.42 Å². The summed E-state index contributed by atoms with van der Waals surface area (Å²) < 4.78 is 5.04. The van der Waals surface area contributed by atoms with Gasteiger partial charge >= 0.3 is 0 Å². The van der Waals surface area contributed by atoms with Crippen LogP contribution in [-0.4, -0.2) is 23.2 Å². The van der Waals surface area contributed by atoms with Gasteiger partial charge in [0, 0.05) is 23.2 Å². The first kappa shape index (κ1) is 12.6. The fourth-order valence-corrected chi connectivity index (χ4v) is 2.30. The van der Waals surface area contributed by atoms with Gasteiger partial charge in [-0.1, -0.05) is 13.3 Å². The number of nitrogens with zero attached hydrogens (tertiary/aromatic N) is 1. The third kappa shape index (κ3) is 2.89. The first-order valence-corrected chi connectivity index (χ1v) is 6.59. The molecule has 6 heteroatoms. The van der Waals surface area contributed by atoms with Gasteiger partial charge in [0.25, 0.3) is 5.91 Å². The molecule has 0 aliphatic rings. The number of anilines is 1. The van der Waals surface area contributed by atoms with Crippen LogP contribution in [0.4, 0.5) is 5.82 Å². The lowest BCUT2D eigenvalue weighted by atomic mass is 10.2. The summed E-state index contributed by atoms with van der Waals surface area (Å²) in [7, 11) is 1.58. The van der Waals surface area contributed by atoms with E-state index in [1.54, 1.807) is 18.6 Å². The van der Waals surface area contributed by atoms with Crippen LogP contribution in [0, 0.1) is 0 Å². The molecule has 0 saturated heterocycles. The summed E-state index contributed by atoms with van der Waals surface area (Å²) in [5, 5.41) is 11.5. The molecule has 0 bridgehead atoms. The van der Waals surface area contributed by atoms with Crippen molar-refractivity contribution in [1.82, 2.24) is 10.2 Å². The maximum Gasteiger partial charge on any atom is 0.267 e. The fraction of sp³-hybridized carbons (Fsp3) is 0.333. The van der Waals surface area contributed by atoms with E-state index in [0.29, 0.717) is 16.4 Å². The highest BCUT2D eigenvalue weighted by molar-refractivity contribution is 7.12. The monoisotopic (exact) mass is 265 g/mol. The molecule has 0 radical (unpaired) electrons. The number of nitrogens with one attached hydrogen (secondary N) is 2. The number of thiophene rings is 1. The van der Waals surface area contributed by atoms with Crippen LogP contribution in [0.3, 0.4) is 0 Å². The normalized spacial score (nSPS) is 10.3. The van der Waals surface area contributed by atoms with Crippen molar-refractivity contribution in [2.24, 2.45) is 0 Å². The molecule has 1 amide bonds. The van der Waals surface area contributed by atoms with Crippen molar-refractivity contribution in [3.05, 3.63) is 28.1 Å². The van der Waals surface area contributed by atoms with Gasteiger partial charge in [0.05, 0.1) is 12.0 Å². The second-order valence-corrected chi connectivity index (χ2v) is 4.74. The van der Waals surface area contributed by atoms with Crippen LogP contribution >= 0.6 is 11.3 Å². The van der Waals surface area contributed by atoms with E-state index in [4.69, 9.17) is 4.74 Å². The number of carbonyl (C=O) groups is 1. The van der Waals surface area contributed by atoms with Crippen molar-refractivity contribution in [2.75, 3.05) is 12.4 Å². The summed E-state index contributed by atoms with van der Waals surface area (Å²) in [5.74, 6) is 1.08. The van der Waals surface area contributed by atoms with Crippen LogP contribution in [0.5, 0.6) is 5.75 Å². The summed E-state index contributed by atoms with van der Waals surface area (Å²) in [5.41, 5.74) is 1.02. The third-order valence-corrected chi connectivity index (χ3v) is 3.33. The molecule has 2 aromatic heterocycles. The fourth-order valence-electron chi connectivity index (χ4n) is 1.55. The Hall–Kier alpha value is -1.82. The molecule has 0 unspecified atom stereocenters. The molecule has 2 rings (SSSR count). The van der Waals surface area contributed by atoms with Crippen LogP contribution in [0.1, 0.15) is 28.7 Å². The van der Waals surface area contributed by atoms with Gasteiger partial charge in [0.15, 0.2) is 5.82 Å². The highest BCUT2D eigenvalue weighted by atomic mass is 32.1. The molecule has 0 fully saturated rings. The summed E-state index contributed by atoms with van der Waals surface area (Å²) in [4.78, 5) is 12.5. The third-order valence-electron chi connectivity index (χ3n) is 2.43. The average Bonchev–Trinajstić information content (AvgIpc) is 2.98. The maximum absolute atomic E-state index is 11.9. The summed E-state index contributed by atoms with van der Waals surface area (Å²) in [6.45, 7) is 2.09. The number of methoxy groups -OCH3 is 1. The number of amides is 1. The first-order chi connectivity index (χ1) is 8.72. The number of H-pyrrole nitrogens is 1. The van der Waals surface area contributed by atoms with Crippen molar-refractivity contribution < 1.29 is 9.53 Å². The molecule has 96 valence electrons. The molecule has 0 saturated carbocycles. The number of aromatic amines is 1. The number of aryl methyl sites for hydroxylation is 1. The van der Waals surface area contributed by atoms with Gasteiger partial charge < -0.3 is 10.1 Å². The SMILES string of the molecule is CCCc1cc(NC(=O)c2cc(OC)cs2)n[nH]1. The van der Waals surface area contributed by atoms with Gasteiger partial charge in [-0.2, -0.15) is 5.10 Å². The Morgan fingerprint density at radius 1 is 1.56 bits per heavy atom. The molecule has 2 aromatic rings. The van der Waals surface area contributed by atoms with Gasteiger partial charge in [-0.3, -0.25) is 9.89 Å². The molecular formula is C12H15N3O2S. The highest BCUT2D eigenvalue weighted by Gasteiger charge is 2.11. The lowest BCUT2D eigenvalue weighted by molar-refractivity contribution is 0.103. The number of ether oxygens (including phenoxy) is 1.